The number of rotatable bonds is 3. The van der Waals surface area contributed by atoms with Gasteiger partial charge in [0.2, 0.25) is 0 Å². The van der Waals surface area contributed by atoms with Crippen molar-refractivity contribution in [3.05, 3.63) is 34.3 Å². The van der Waals surface area contributed by atoms with Crippen LogP contribution in [0, 0.1) is 11.8 Å². The van der Waals surface area contributed by atoms with Gasteiger partial charge in [-0.25, -0.2) is 0 Å². The Morgan fingerprint density at radius 2 is 2.18 bits per heavy atom. The van der Waals surface area contributed by atoms with Crippen molar-refractivity contribution in [1.82, 2.24) is 0 Å². The third kappa shape index (κ3) is 3.56. The van der Waals surface area contributed by atoms with E-state index in [1.54, 1.807) is 0 Å². The molecule has 0 heterocycles. The van der Waals surface area contributed by atoms with Crippen LogP contribution in [0.4, 0.5) is 0 Å². The minimum atomic E-state index is 0.400. The number of halogens is 1. The van der Waals surface area contributed by atoms with Gasteiger partial charge in [-0.05, 0) is 55.2 Å². The molecule has 1 aliphatic rings. The van der Waals surface area contributed by atoms with Gasteiger partial charge in [0, 0.05) is 10.5 Å². The van der Waals surface area contributed by atoms with Gasteiger partial charge >= 0.3 is 0 Å². The second-order valence-corrected chi connectivity index (χ2v) is 6.26. The van der Waals surface area contributed by atoms with E-state index in [2.05, 4.69) is 47.1 Å². The van der Waals surface area contributed by atoms with Crippen molar-refractivity contribution in [1.29, 1.82) is 0 Å². The van der Waals surface area contributed by atoms with Gasteiger partial charge in [0.25, 0.3) is 0 Å². The zero-order chi connectivity index (χ0) is 12.3. The van der Waals surface area contributed by atoms with Crippen LogP contribution in [0.5, 0.6) is 0 Å². The van der Waals surface area contributed by atoms with Gasteiger partial charge < -0.3 is 5.73 Å². The average molecular weight is 296 g/mol. The third-order valence-electron chi connectivity index (χ3n) is 4.11. The van der Waals surface area contributed by atoms with Crippen LogP contribution in [-0.2, 0) is 6.42 Å². The monoisotopic (exact) mass is 295 g/mol. The van der Waals surface area contributed by atoms with E-state index in [-0.39, 0.29) is 0 Å². The molecule has 1 aliphatic carbocycles. The van der Waals surface area contributed by atoms with Crippen LogP contribution in [0.3, 0.4) is 0 Å². The topological polar surface area (TPSA) is 26.0 Å². The summed E-state index contributed by atoms with van der Waals surface area (Å²) in [5.41, 5.74) is 7.68. The molecule has 17 heavy (non-hydrogen) atoms. The van der Waals surface area contributed by atoms with E-state index in [0.29, 0.717) is 12.0 Å². The zero-order valence-electron chi connectivity index (χ0n) is 10.5. The summed E-state index contributed by atoms with van der Waals surface area (Å²) in [6.45, 7) is 2.30. The molecule has 2 N–H and O–H groups in total. The molecule has 1 nitrogen and oxygen atoms in total. The second kappa shape index (κ2) is 6.01. The van der Waals surface area contributed by atoms with Crippen LogP contribution in [0.1, 0.15) is 38.2 Å². The lowest BCUT2D eigenvalue weighted by molar-refractivity contribution is 0.227. The largest absolute Gasteiger partial charge is 0.327 e. The summed E-state index contributed by atoms with van der Waals surface area (Å²) in [4.78, 5) is 0. The van der Waals surface area contributed by atoms with Crippen LogP contribution < -0.4 is 5.73 Å². The van der Waals surface area contributed by atoms with Gasteiger partial charge in [0.1, 0.15) is 0 Å². The van der Waals surface area contributed by atoms with Crippen molar-refractivity contribution in [2.45, 2.75) is 45.1 Å². The predicted octanol–water partition coefficient (Wildman–Crippen LogP) is 4.15. The highest BCUT2D eigenvalue weighted by atomic mass is 79.9. The molecule has 3 atom stereocenters. The molecule has 0 aliphatic heterocycles. The summed E-state index contributed by atoms with van der Waals surface area (Å²) in [7, 11) is 0. The summed E-state index contributed by atoms with van der Waals surface area (Å²) in [5, 5.41) is 0. The van der Waals surface area contributed by atoms with Gasteiger partial charge in [-0.2, -0.15) is 0 Å². The van der Waals surface area contributed by atoms with E-state index < -0.39 is 0 Å². The molecule has 0 aromatic heterocycles. The smallest absolute Gasteiger partial charge is 0.0177 e. The van der Waals surface area contributed by atoms with Crippen molar-refractivity contribution in [2.24, 2.45) is 17.6 Å². The summed E-state index contributed by atoms with van der Waals surface area (Å²) < 4.78 is 1.17. The molecule has 0 saturated heterocycles. The summed E-state index contributed by atoms with van der Waals surface area (Å²) in [6.07, 6.45) is 6.28. The van der Waals surface area contributed by atoms with Gasteiger partial charge in [-0.15, -0.1) is 0 Å². The molecule has 0 radical (unpaired) electrons. The SMILES string of the molecule is CCC1CCC(N)C(Cc2cccc(Br)c2)C1. The lowest BCUT2D eigenvalue weighted by Gasteiger charge is -2.34. The molecule has 0 bridgehead atoms. The van der Waals surface area contributed by atoms with Gasteiger partial charge in [-0.3, -0.25) is 0 Å². The van der Waals surface area contributed by atoms with Crippen molar-refractivity contribution in [3.8, 4) is 0 Å². The van der Waals surface area contributed by atoms with E-state index in [0.717, 1.165) is 12.3 Å². The normalized spacial score (nSPS) is 29.2. The first-order chi connectivity index (χ1) is 8.19. The number of hydrogen-bond donors (Lipinski definition) is 1. The Hall–Kier alpha value is -0.340. The molecule has 3 unspecified atom stereocenters. The molecule has 1 saturated carbocycles. The fourth-order valence-electron chi connectivity index (χ4n) is 2.96. The van der Waals surface area contributed by atoms with Crippen molar-refractivity contribution in [3.63, 3.8) is 0 Å². The van der Waals surface area contributed by atoms with Gasteiger partial charge in [0.05, 0.1) is 0 Å². The van der Waals surface area contributed by atoms with Crippen molar-refractivity contribution < 1.29 is 0 Å². The molecular weight excluding hydrogens is 274 g/mol. The van der Waals surface area contributed by atoms with E-state index in [9.17, 15) is 0 Å². The number of hydrogen-bond acceptors (Lipinski definition) is 1. The third-order valence-corrected chi connectivity index (χ3v) is 4.61. The maximum absolute atomic E-state index is 6.27. The average Bonchev–Trinajstić information content (AvgIpc) is 2.32. The molecule has 0 spiro atoms. The van der Waals surface area contributed by atoms with Crippen LogP contribution in [0.25, 0.3) is 0 Å². The lowest BCUT2D eigenvalue weighted by Crippen LogP contribution is -2.37. The second-order valence-electron chi connectivity index (χ2n) is 5.35. The van der Waals surface area contributed by atoms with Crippen LogP contribution >= 0.6 is 15.9 Å². The van der Waals surface area contributed by atoms with Crippen molar-refractivity contribution >= 4 is 15.9 Å². The minimum absolute atomic E-state index is 0.400. The number of nitrogens with two attached hydrogens (primary N) is 1. The minimum Gasteiger partial charge on any atom is -0.327 e. The highest BCUT2D eigenvalue weighted by Gasteiger charge is 2.27. The summed E-state index contributed by atoms with van der Waals surface area (Å²) in [5.74, 6) is 1.56. The maximum atomic E-state index is 6.27. The standard InChI is InChI=1S/C15H22BrN/c1-2-11-6-7-15(17)13(8-11)9-12-4-3-5-14(16)10-12/h3-5,10-11,13,15H,2,6-9,17H2,1H3. The molecule has 2 rings (SSSR count). The first-order valence-electron chi connectivity index (χ1n) is 6.69. The maximum Gasteiger partial charge on any atom is 0.0177 e. The molecule has 0 amide bonds. The Balaban J connectivity index is 2.01. The van der Waals surface area contributed by atoms with E-state index >= 15 is 0 Å². The van der Waals surface area contributed by atoms with E-state index in [4.69, 9.17) is 5.73 Å². The van der Waals surface area contributed by atoms with Crippen LogP contribution in [-0.4, -0.2) is 6.04 Å². The summed E-state index contributed by atoms with van der Waals surface area (Å²) >= 11 is 3.54. The Kier molecular flexibility index (Phi) is 4.63. The molecule has 1 aromatic rings. The van der Waals surface area contributed by atoms with Gasteiger partial charge in [-0.1, -0.05) is 41.4 Å². The van der Waals surface area contributed by atoms with Crippen LogP contribution in [0.2, 0.25) is 0 Å². The number of benzene rings is 1. The Morgan fingerprint density at radius 3 is 2.88 bits per heavy atom. The van der Waals surface area contributed by atoms with Gasteiger partial charge in [0.15, 0.2) is 0 Å². The molecule has 2 heteroatoms. The highest BCUT2D eigenvalue weighted by Crippen LogP contribution is 2.32. The lowest BCUT2D eigenvalue weighted by atomic mass is 9.75. The van der Waals surface area contributed by atoms with E-state index in [1.807, 2.05) is 0 Å². The predicted molar refractivity (Wildman–Crippen MR) is 76.9 cm³/mol. The first kappa shape index (κ1) is 13.1. The Bertz CT molecular complexity index is 364. The Morgan fingerprint density at radius 1 is 1.35 bits per heavy atom. The zero-order valence-corrected chi connectivity index (χ0v) is 12.1. The quantitative estimate of drug-likeness (QED) is 0.891. The molecule has 94 valence electrons. The van der Waals surface area contributed by atoms with Crippen molar-refractivity contribution in [2.75, 3.05) is 0 Å². The Labute approximate surface area is 113 Å². The molecule has 1 fully saturated rings. The highest BCUT2D eigenvalue weighted by molar-refractivity contribution is 9.10. The molecular formula is C15H22BrN. The van der Waals surface area contributed by atoms with Crippen LogP contribution in [0.15, 0.2) is 28.7 Å². The van der Waals surface area contributed by atoms with E-state index in [1.165, 1.54) is 35.7 Å². The first-order valence-corrected chi connectivity index (χ1v) is 7.48. The fourth-order valence-corrected chi connectivity index (χ4v) is 3.40. The molecule has 1 aromatic carbocycles. The fraction of sp³-hybridized carbons (Fsp3) is 0.600. The summed E-state index contributed by atoms with van der Waals surface area (Å²) in [6, 6.07) is 9.04.